The van der Waals surface area contributed by atoms with Crippen LogP contribution in [0.4, 0.5) is 4.39 Å². The van der Waals surface area contributed by atoms with E-state index in [-0.39, 0.29) is 5.82 Å². The quantitative estimate of drug-likeness (QED) is 0.790. The summed E-state index contributed by atoms with van der Waals surface area (Å²) < 4.78 is 14.9. The highest BCUT2D eigenvalue weighted by Crippen LogP contribution is 2.28. The monoisotopic (exact) mass is 272 g/mol. The number of benzene rings is 1. The van der Waals surface area contributed by atoms with Crippen molar-refractivity contribution >= 4 is 21.4 Å². The molecule has 3 rings (SSSR count). The Morgan fingerprint density at radius 2 is 2.05 bits per heavy atom. The van der Waals surface area contributed by atoms with Crippen LogP contribution in [-0.2, 0) is 6.42 Å². The molecule has 4 heteroatoms. The van der Waals surface area contributed by atoms with Gasteiger partial charge < -0.3 is 5.73 Å². The van der Waals surface area contributed by atoms with Crippen LogP contribution in [0.15, 0.2) is 48.0 Å². The Morgan fingerprint density at radius 1 is 1.21 bits per heavy atom. The van der Waals surface area contributed by atoms with E-state index in [1.807, 2.05) is 12.1 Å². The molecule has 1 aromatic carbocycles. The van der Waals surface area contributed by atoms with Gasteiger partial charge in [0.2, 0.25) is 0 Å². The number of rotatable bonds is 3. The van der Waals surface area contributed by atoms with Crippen LogP contribution in [0.5, 0.6) is 0 Å². The maximum atomic E-state index is 13.6. The Labute approximate surface area is 114 Å². The predicted molar refractivity (Wildman–Crippen MR) is 76.7 cm³/mol. The highest BCUT2D eigenvalue weighted by Gasteiger charge is 2.15. The second kappa shape index (κ2) is 5.07. The van der Waals surface area contributed by atoms with Crippen molar-refractivity contribution in [1.29, 1.82) is 0 Å². The molecule has 2 heterocycles. The van der Waals surface area contributed by atoms with Gasteiger partial charge in [-0.25, -0.2) is 4.39 Å². The Hall–Kier alpha value is -1.78. The van der Waals surface area contributed by atoms with Crippen LogP contribution in [0.3, 0.4) is 0 Å². The van der Waals surface area contributed by atoms with Gasteiger partial charge in [0, 0.05) is 10.9 Å². The van der Waals surface area contributed by atoms with Crippen molar-refractivity contribution in [3.63, 3.8) is 0 Å². The van der Waals surface area contributed by atoms with Crippen LogP contribution < -0.4 is 5.73 Å². The number of hydrogen-bond acceptors (Lipinski definition) is 3. The van der Waals surface area contributed by atoms with Crippen LogP contribution in [0.2, 0.25) is 0 Å². The summed E-state index contributed by atoms with van der Waals surface area (Å²) in [5, 5.41) is 3.28. The Kier molecular flexibility index (Phi) is 3.27. The van der Waals surface area contributed by atoms with E-state index >= 15 is 0 Å². The van der Waals surface area contributed by atoms with Crippen molar-refractivity contribution in [2.75, 3.05) is 0 Å². The van der Waals surface area contributed by atoms with Crippen molar-refractivity contribution < 1.29 is 4.39 Å². The molecule has 19 heavy (non-hydrogen) atoms. The van der Waals surface area contributed by atoms with Crippen LogP contribution in [0, 0.1) is 5.82 Å². The standard InChI is InChI=1S/C15H13FN2S/c16-12-5-3-7-18-15(12)13(17)8-10-9-19-14-6-2-1-4-11(10)14/h1-7,9,13H,8,17H2. The molecule has 2 aromatic heterocycles. The first-order valence-electron chi connectivity index (χ1n) is 6.07. The molecule has 1 atom stereocenters. The SMILES string of the molecule is NC(Cc1csc2ccccc12)c1ncccc1F. The van der Waals surface area contributed by atoms with E-state index in [1.54, 1.807) is 23.6 Å². The molecule has 0 aliphatic rings. The fourth-order valence-corrected chi connectivity index (χ4v) is 3.17. The minimum absolute atomic E-state index is 0.331. The Balaban J connectivity index is 1.91. The average molecular weight is 272 g/mol. The van der Waals surface area contributed by atoms with Crippen LogP contribution >= 0.6 is 11.3 Å². The summed E-state index contributed by atoms with van der Waals surface area (Å²) in [6.45, 7) is 0. The molecule has 96 valence electrons. The van der Waals surface area contributed by atoms with E-state index in [9.17, 15) is 4.39 Å². The molecule has 0 saturated heterocycles. The van der Waals surface area contributed by atoms with Gasteiger partial charge in [-0.1, -0.05) is 18.2 Å². The van der Waals surface area contributed by atoms with E-state index < -0.39 is 6.04 Å². The van der Waals surface area contributed by atoms with Crippen molar-refractivity contribution in [2.24, 2.45) is 5.73 Å². The van der Waals surface area contributed by atoms with Gasteiger partial charge in [0.05, 0.1) is 11.7 Å². The molecule has 0 saturated carbocycles. The summed E-state index contributed by atoms with van der Waals surface area (Å²) in [7, 11) is 0. The minimum Gasteiger partial charge on any atom is -0.322 e. The largest absolute Gasteiger partial charge is 0.322 e. The predicted octanol–water partition coefficient (Wildman–Crippen LogP) is 3.68. The molecule has 2 nitrogen and oxygen atoms in total. The number of nitrogens with zero attached hydrogens (tertiary/aromatic N) is 1. The second-order valence-corrected chi connectivity index (χ2v) is 5.35. The Bertz CT molecular complexity index is 708. The fraction of sp³-hybridized carbons (Fsp3) is 0.133. The van der Waals surface area contributed by atoms with E-state index in [0.29, 0.717) is 12.1 Å². The summed E-state index contributed by atoms with van der Waals surface area (Å²) in [5.41, 5.74) is 7.56. The van der Waals surface area contributed by atoms with Gasteiger partial charge in [-0.15, -0.1) is 11.3 Å². The fourth-order valence-electron chi connectivity index (χ4n) is 2.20. The summed E-state index contributed by atoms with van der Waals surface area (Å²) >= 11 is 1.69. The zero-order valence-corrected chi connectivity index (χ0v) is 11.0. The zero-order valence-electron chi connectivity index (χ0n) is 10.2. The summed E-state index contributed by atoms with van der Waals surface area (Å²) in [6.07, 6.45) is 2.17. The van der Waals surface area contributed by atoms with E-state index in [2.05, 4.69) is 22.5 Å². The van der Waals surface area contributed by atoms with Gasteiger partial charge >= 0.3 is 0 Å². The maximum absolute atomic E-state index is 13.6. The van der Waals surface area contributed by atoms with E-state index in [4.69, 9.17) is 5.73 Å². The van der Waals surface area contributed by atoms with Gasteiger partial charge in [-0.2, -0.15) is 0 Å². The summed E-state index contributed by atoms with van der Waals surface area (Å²) in [5.74, 6) is -0.338. The van der Waals surface area contributed by atoms with Crippen molar-refractivity contribution in [2.45, 2.75) is 12.5 Å². The number of thiophene rings is 1. The van der Waals surface area contributed by atoms with Crippen LogP contribution in [-0.4, -0.2) is 4.98 Å². The molecule has 1 unspecified atom stereocenters. The first-order valence-corrected chi connectivity index (χ1v) is 6.95. The third-order valence-corrected chi connectivity index (χ3v) is 4.15. The van der Waals surface area contributed by atoms with E-state index in [1.165, 1.54) is 16.2 Å². The number of halogens is 1. The lowest BCUT2D eigenvalue weighted by atomic mass is 10.0. The maximum Gasteiger partial charge on any atom is 0.146 e. The smallest absolute Gasteiger partial charge is 0.146 e. The molecular formula is C15H13FN2S. The highest BCUT2D eigenvalue weighted by molar-refractivity contribution is 7.17. The van der Waals surface area contributed by atoms with E-state index in [0.717, 1.165) is 5.56 Å². The molecule has 0 amide bonds. The van der Waals surface area contributed by atoms with Crippen molar-refractivity contribution in [3.05, 3.63) is 65.0 Å². The lowest BCUT2D eigenvalue weighted by molar-refractivity contribution is 0.565. The molecular weight excluding hydrogens is 259 g/mol. The highest BCUT2D eigenvalue weighted by atomic mass is 32.1. The average Bonchev–Trinajstić information content (AvgIpc) is 2.83. The van der Waals surface area contributed by atoms with Gasteiger partial charge in [0.15, 0.2) is 0 Å². The summed E-state index contributed by atoms with van der Waals surface area (Å²) in [6, 6.07) is 10.7. The van der Waals surface area contributed by atoms with Gasteiger partial charge in [-0.05, 0) is 40.9 Å². The van der Waals surface area contributed by atoms with Gasteiger partial charge in [-0.3, -0.25) is 4.98 Å². The number of fused-ring (bicyclic) bond motifs is 1. The topological polar surface area (TPSA) is 38.9 Å². The molecule has 0 fully saturated rings. The third-order valence-electron chi connectivity index (χ3n) is 3.14. The number of aromatic nitrogens is 1. The Morgan fingerprint density at radius 3 is 2.89 bits per heavy atom. The number of nitrogens with two attached hydrogens (primary N) is 1. The lowest BCUT2D eigenvalue weighted by Gasteiger charge is -2.11. The molecule has 0 spiro atoms. The van der Waals surface area contributed by atoms with Crippen molar-refractivity contribution in [3.8, 4) is 0 Å². The molecule has 0 radical (unpaired) electrons. The molecule has 0 aliphatic heterocycles. The molecule has 0 aliphatic carbocycles. The second-order valence-electron chi connectivity index (χ2n) is 4.44. The molecule has 3 aromatic rings. The van der Waals surface area contributed by atoms with Crippen LogP contribution in [0.25, 0.3) is 10.1 Å². The summed E-state index contributed by atoms with van der Waals surface area (Å²) in [4.78, 5) is 4.04. The first-order chi connectivity index (χ1) is 9.25. The van der Waals surface area contributed by atoms with Gasteiger partial charge in [0.1, 0.15) is 5.82 Å². The number of pyridine rings is 1. The normalized spacial score (nSPS) is 12.7. The zero-order chi connectivity index (χ0) is 13.2. The number of hydrogen-bond donors (Lipinski definition) is 1. The third kappa shape index (κ3) is 2.37. The lowest BCUT2D eigenvalue weighted by Crippen LogP contribution is -2.16. The molecule has 2 N–H and O–H groups in total. The van der Waals surface area contributed by atoms with Gasteiger partial charge in [0.25, 0.3) is 0 Å². The van der Waals surface area contributed by atoms with Crippen molar-refractivity contribution in [1.82, 2.24) is 4.98 Å². The molecule has 0 bridgehead atoms. The minimum atomic E-state index is -0.417. The van der Waals surface area contributed by atoms with Crippen LogP contribution in [0.1, 0.15) is 17.3 Å². The first kappa shape index (κ1) is 12.3.